The first-order valence-corrected chi connectivity index (χ1v) is 14.5. The van der Waals surface area contributed by atoms with Crippen LogP contribution in [0.2, 0.25) is 0 Å². The summed E-state index contributed by atoms with van der Waals surface area (Å²) in [5.41, 5.74) is 1.46. The van der Waals surface area contributed by atoms with Crippen molar-refractivity contribution in [3.05, 3.63) is 66.1 Å². The highest BCUT2D eigenvalue weighted by Crippen LogP contribution is 2.36. The molecule has 0 radical (unpaired) electrons. The number of aliphatic hydroxyl groups is 1. The molecule has 2 heterocycles. The molecule has 3 aromatic rings. The molecular formula is C28H37N5O6S. The van der Waals surface area contributed by atoms with Crippen LogP contribution in [0.15, 0.2) is 60.0 Å². The van der Waals surface area contributed by atoms with Gasteiger partial charge in [0.05, 0.1) is 37.3 Å². The van der Waals surface area contributed by atoms with Crippen LogP contribution in [0.25, 0.3) is 0 Å². The van der Waals surface area contributed by atoms with Gasteiger partial charge < -0.3 is 24.0 Å². The molecule has 2 aromatic carbocycles. The van der Waals surface area contributed by atoms with E-state index in [0.717, 1.165) is 11.3 Å². The molecule has 4 rings (SSSR count). The zero-order valence-corrected chi connectivity index (χ0v) is 24.3. The first-order chi connectivity index (χ1) is 19.0. The van der Waals surface area contributed by atoms with Crippen LogP contribution in [0.3, 0.4) is 0 Å². The number of carbonyl (C=O) groups excluding carboxylic acids is 1. The van der Waals surface area contributed by atoms with Crippen LogP contribution in [0.4, 0.5) is 5.69 Å². The molecule has 1 aromatic heterocycles. The Balaban J connectivity index is 1.68. The van der Waals surface area contributed by atoms with Crippen LogP contribution in [0.5, 0.6) is 11.5 Å². The summed E-state index contributed by atoms with van der Waals surface area (Å²) in [6, 6.07) is 12.2. The van der Waals surface area contributed by atoms with Crippen LogP contribution >= 0.6 is 0 Å². The van der Waals surface area contributed by atoms with Crippen LogP contribution in [-0.2, 0) is 23.6 Å². The highest BCUT2D eigenvalue weighted by atomic mass is 32.2. The van der Waals surface area contributed by atoms with E-state index < -0.39 is 22.2 Å². The van der Waals surface area contributed by atoms with Gasteiger partial charge in [0, 0.05) is 38.8 Å². The van der Waals surface area contributed by atoms with E-state index in [1.165, 1.54) is 17.1 Å². The van der Waals surface area contributed by atoms with Crippen molar-refractivity contribution < 1.29 is 27.8 Å². The second-order valence-corrected chi connectivity index (χ2v) is 12.0. The number of para-hydroxylation sites is 1. The maximum Gasteiger partial charge on any atom is 0.281 e. The summed E-state index contributed by atoms with van der Waals surface area (Å²) in [6.07, 6.45) is 2.39. The third kappa shape index (κ3) is 6.57. The number of aliphatic hydroxyl groups excluding tert-OH is 1. The molecule has 1 aliphatic heterocycles. The lowest BCUT2D eigenvalue weighted by atomic mass is 9.99. The standard InChI is InChI=1S/C28H37N5O6S/c1-19-13-33(20(2)17-34)28(35)23-7-6-8-24(30-40(36,37)26-16-32(4)18-29-26)27(23)39-25(19)15-31(3)14-21-9-11-22(38-5)12-10-21/h6-12,16,18-20,25,30,34H,13-15,17H2,1-5H3/t19-,20+,25+/m1/s1. The van der Waals surface area contributed by atoms with Crippen molar-refractivity contribution in [1.82, 2.24) is 19.4 Å². The highest BCUT2D eigenvalue weighted by molar-refractivity contribution is 7.92. The Morgan fingerprint density at radius 1 is 1.25 bits per heavy atom. The van der Waals surface area contributed by atoms with Gasteiger partial charge in [-0.15, -0.1) is 0 Å². The SMILES string of the molecule is COc1ccc(CN(C)C[C@@H]2Oc3c(NS(=O)(=O)c4cn(C)cn4)cccc3C(=O)N([C@@H](C)CO)C[C@H]2C)cc1. The number of likely N-dealkylation sites (N-methyl/N-ethyl adjacent to an activating group) is 1. The highest BCUT2D eigenvalue weighted by Gasteiger charge is 2.35. The molecule has 2 N–H and O–H groups in total. The van der Waals surface area contributed by atoms with Gasteiger partial charge in [-0.1, -0.05) is 25.1 Å². The lowest BCUT2D eigenvalue weighted by molar-refractivity contribution is 0.0344. The Labute approximate surface area is 235 Å². The number of nitrogens with one attached hydrogen (secondary N) is 1. The van der Waals surface area contributed by atoms with Gasteiger partial charge in [-0.05, 0) is 43.8 Å². The molecular weight excluding hydrogens is 534 g/mol. The smallest absolute Gasteiger partial charge is 0.281 e. The van der Waals surface area contributed by atoms with Crippen LogP contribution in [0, 0.1) is 5.92 Å². The topological polar surface area (TPSA) is 126 Å². The molecule has 40 heavy (non-hydrogen) atoms. The Hall–Kier alpha value is -3.61. The van der Waals surface area contributed by atoms with E-state index in [9.17, 15) is 18.3 Å². The van der Waals surface area contributed by atoms with E-state index in [0.29, 0.717) is 19.6 Å². The molecule has 3 atom stereocenters. The van der Waals surface area contributed by atoms with E-state index >= 15 is 0 Å². The van der Waals surface area contributed by atoms with E-state index in [1.54, 1.807) is 44.2 Å². The van der Waals surface area contributed by atoms with Gasteiger partial charge in [-0.3, -0.25) is 14.4 Å². The summed E-state index contributed by atoms with van der Waals surface area (Å²) in [5.74, 6) is 0.456. The Bertz CT molecular complexity index is 1430. The molecule has 0 saturated heterocycles. The average Bonchev–Trinajstić information content (AvgIpc) is 3.38. The zero-order valence-electron chi connectivity index (χ0n) is 23.4. The second-order valence-electron chi connectivity index (χ2n) is 10.3. The van der Waals surface area contributed by atoms with Gasteiger partial charge in [0.15, 0.2) is 10.8 Å². The number of carbonyl (C=O) groups is 1. The van der Waals surface area contributed by atoms with Gasteiger partial charge in [0.1, 0.15) is 11.9 Å². The lowest BCUT2D eigenvalue weighted by Gasteiger charge is -2.38. The number of ether oxygens (including phenoxy) is 2. The fourth-order valence-corrected chi connectivity index (χ4v) is 5.73. The van der Waals surface area contributed by atoms with E-state index in [4.69, 9.17) is 9.47 Å². The molecule has 0 unspecified atom stereocenters. The number of fused-ring (bicyclic) bond motifs is 1. The Morgan fingerprint density at radius 3 is 2.60 bits per heavy atom. The number of benzene rings is 2. The number of amides is 1. The minimum absolute atomic E-state index is 0.134. The largest absolute Gasteiger partial charge is 0.497 e. The van der Waals surface area contributed by atoms with Crippen molar-refractivity contribution in [2.45, 2.75) is 37.6 Å². The summed E-state index contributed by atoms with van der Waals surface area (Å²) in [7, 11) is 1.24. The van der Waals surface area contributed by atoms with Gasteiger partial charge in [0.2, 0.25) is 0 Å². The number of anilines is 1. The summed E-state index contributed by atoms with van der Waals surface area (Å²) < 4.78 is 42.2. The number of aryl methyl sites for hydroxylation is 1. The van der Waals surface area contributed by atoms with Crippen molar-refractivity contribution in [1.29, 1.82) is 0 Å². The van der Waals surface area contributed by atoms with Crippen LogP contribution in [0.1, 0.15) is 29.8 Å². The number of hydrogen-bond acceptors (Lipinski definition) is 8. The van der Waals surface area contributed by atoms with Crippen LogP contribution in [-0.4, -0.2) is 84.8 Å². The van der Waals surface area contributed by atoms with Gasteiger partial charge in [-0.2, -0.15) is 8.42 Å². The van der Waals surface area contributed by atoms with Crippen molar-refractivity contribution in [3.63, 3.8) is 0 Å². The first kappa shape index (κ1) is 29.4. The van der Waals surface area contributed by atoms with Crippen molar-refractivity contribution >= 4 is 21.6 Å². The summed E-state index contributed by atoms with van der Waals surface area (Å²) in [5, 5.41) is 9.76. The predicted octanol–water partition coefficient (Wildman–Crippen LogP) is 2.58. The van der Waals surface area contributed by atoms with Gasteiger partial charge >= 0.3 is 0 Å². The first-order valence-electron chi connectivity index (χ1n) is 13.1. The number of nitrogens with zero attached hydrogens (tertiary/aromatic N) is 4. The monoisotopic (exact) mass is 571 g/mol. The number of sulfonamides is 1. The molecule has 1 aliphatic rings. The number of methoxy groups -OCH3 is 1. The van der Waals surface area contributed by atoms with E-state index in [-0.39, 0.29) is 40.5 Å². The molecule has 0 fully saturated rings. The average molecular weight is 572 g/mol. The fourth-order valence-electron chi connectivity index (χ4n) is 4.68. The maximum absolute atomic E-state index is 13.7. The lowest BCUT2D eigenvalue weighted by Crippen LogP contribution is -2.49. The second kappa shape index (κ2) is 12.3. The third-order valence-corrected chi connectivity index (χ3v) is 8.25. The predicted molar refractivity (Wildman–Crippen MR) is 151 cm³/mol. The molecule has 1 amide bonds. The van der Waals surface area contributed by atoms with E-state index in [2.05, 4.69) is 14.6 Å². The summed E-state index contributed by atoms with van der Waals surface area (Å²) in [6.45, 7) is 5.08. The van der Waals surface area contributed by atoms with Crippen LogP contribution < -0.4 is 14.2 Å². The number of rotatable bonds is 10. The Morgan fingerprint density at radius 2 is 1.98 bits per heavy atom. The molecule has 0 spiro atoms. The maximum atomic E-state index is 13.7. The number of hydrogen-bond donors (Lipinski definition) is 2. The zero-order chi connectivity index (χ0) is 29.0. The minimum atomic E-state index is -4.05. The molecule has 216 valence electrons. The normalized spacial score (nSPS) is 18.5. The van der Waals surface area contributed by atoms with Crippen molar-refractivity contribution in [2.75, 3.05) is 38.6 Å². The van der Waals surface area contributed by atoms with E-state index in [1.807, 2.05) is 38.2 Å². The summed E-state index contributed by atoms with van der Waals surface area (Å²) in [4.78, 5) is 21.4. The molecule has 11 nitrogen and oxygen atoms in total. The minimum Gasteiger partial charge on any atom is -0.497 e. The Kier molecular flexibility index (Phi) is 9.02. The molecule has 0 aliphatic carbocycles. The molecule has 0 saturated carbocycles. The van der Waals surface area contributed by atoms with Gasteiger partial charge in [-0.25, -0.2) is 4.98 Å². The summed E-state index contributed by atoms with van der Waals surface area (Å²) >= 11 is 0. The number of aromatic nitrogens is 2. The quantitative estimate of drug-likeness (QED) is 0.380. The number of imidazole rings is 1. The fraction of sp³-hybridized carbons (Fsp3) is 0.429. The third-order valence-electron chi connectivity index (χ3n) is 7.00. The molecule has 12 heteroatoms. The van der Waals surface area contributed by atoms with Gasteiger partial charge in [0.25, 0.3) is 15.9 Å². The van der Waals surface area contributed by atoms with Crippen molar-refractivity contribution in [3.8, 4) is 11.5 Å². The molecule has 0 bridgehead atoms. The van der Waals surface area contributed by atoms with Crippen molar-refractivity contribution in [2.24, 2.45) is 13.0 Å².